The summed E-state index contributed by atoms with van der Waals surface area (Å²) < 4.78 is 0. The summed E-state index contributed by atoms with van der Waals surface area (Å²) in [6.07, 6.45) is 13.0. The first-order valence-corrected chi connectivity index (χ1v) is 5.02. The number of hydrogen-bond donors (Lipinski definition) is 0. The summed E-state index contributed by atoms with van der Waals surface area (Å²) in [6, 6.07) is 0. The zero-order valence-electron chi connectivity index (χ0n) is 9.94. The normalized spacial score (nSPS) is 9.08. The first-order valence-electron chi connectivity index (χ1n) is 5.02. The fourth-order valence-corrected chi connectivity index (χ4v) is 1.25. The number of rotatable bonds is 8. The zero-order valence-corrected chi connectivity index (χ0v) is 10.9. The third kappa shape index (κ3) is 13.3. The number of allylic oxidation sites excluding steroid dienone is 1. The quantitative estimate of drug-likeness (QED) is 0.300. The van der Waals surface area contributed by atoms with Crippen molar-refractivity contribution in [3.63, 3.8) is 0 Å². The standard InChI is InChI=1S/C11H22.Na.H/c1-3-5-7-9-11-10-8-6-4-2;;/h3H,1,4-11H2,2H3;;/q;+1;-1. The Kier molecular flexibility index (Phi) is 18.1. The van der Waals surface area contributed by atoms with Crippen LogP contribution in [0.1, 0.15) is 59.7 Å². The molecule has 0 N–H and O–H groups in total. The van der Waals surface area contributed by atoms with Gasteiger partial charge < -0.3 is 1.43 Å². The van der Waals surface area contributed by atoms with Crippen LogP contribution < -0.4 is 29.6 Å². The van der Waals surface area contributed by atoms with Gasteiger partial charge in [0.15, 0.2) is 0 Å². The summed E-state index contributed by atoms with van der Waals surface area (Å²) in [7, 11) is 0. The molecule has 0 aromatic heterocycles. The maximum atomic E-state index is 3.71. The third-order valence-electron chi connectivity index (χ3n) is 2.01. The minimum Gasteiger partial charge on any atom is -1.00 e. The van der Waals surface area contributed by atoms with E-state index in [1.807, 2.05) is 6.08 Å². The summed E-state index contributed by atoms with van der Waals surface area (Å²) in [4.78, 5) is 0. The van der Waals surface area contributed by atoms with Crippen LogP contribution in [0, 0.1) is 0 Å². The van der Waals surface area contributed by atoms with Gasteiger partial charge >= 0.3 is 29.6 Å². The number of unbranched alkanes of at least 4 members (excludes halogenated alkanes) is 7. The van der Waals surface area contributed by atoms with Gasteiger partial charge in [0.1, 0.15) is 0 Å². The first kappa shape index (κ1) is 15.2. The largest absolute Gasteiger partial charge is 1.00 e. The van der Waals surface area contributed by atoms with E-state index in [1.54, 1.807) is 0 Å². The van der Waals surface area contributed by atoms with Crippen molar-refractivity contribution in [2.75, 3.05) is 0 Å². The minimum absolute atomic E-state index is 0. The van der Waals surface area contributed by atoms with Gasteiger partial charge in [0, 0.05) is 0 Å². The molecule has 0 aromatic carbocycles. The van der Waals surface area contributed by atoms with Crippen molar-refractivity contribution >= 4 is 0 Å². The molecule has 0 unspecified atom stereocenters. The second-order valence-electron chi connectivity index (χ2n) is 3.20. The van der Waals surface area contributed by atoms with E-state index in [2.05, 4.69) is 13.5 Å². The Bertz CT molecular complexity index is 84.2. The molecule has 0 aromatic rings. The van der Waals surface area contributed by atoms with Crippen LogP contribution in [0.5, 0.6) is 0 Å². The molecule has 0 aliphatic carbocycles. The van der Waals surface area contributed by atoms with E-state index >= 15 is 0 Å². The van der Waals surface area contributed by atoms with Gasteiger partial charge in [-0.15, -0.1) is 6.58 Å². The van der Waals surface area contributed by atoms with Crippen molar-refractivity contribution < 1.29 is 31.0 Å². The van der Waals surface area contributed by atoms with Crippen molar-refractivity contribution in [1.29, 1.82) is 0 Å². The second kappa shape index (κ2) is 14.3. The van der Waals surface area contributed by atoms with E-state index in [9.17, 15) is 0 Å². The maximum Gasteiger partial charge on any atom is 1.00 e. The van der Waals surface area contributed by atoms with Gasteiger partial charge in [0.25, 0.3) is 0 Å². The summed E-state index contributed by atoms with van der Waals surface area (Å²) in [5, 5.41) is 0. The summed E-state index contributed by atoms with van der Waals surface area (Å²) in [5.41, 5.74) is 0. The van der Waals surface area contributed by atoms with Crippen LogP contribution in [0.3, 0.4) is 0 Å². The molecule has 0 aliphatic heterocycles. The van der Waals surface area contributed by atoms with Gasteiger partial charge in [0.2, 0.25) is 0 Å². The second-order valence-corrected chi connectivity index (χ2v) is 3.20. The van der Waals surface area contributed by atoms with Gasteiger partial charge in [-0.3, -0.25) is 0 Å². The van der Waals surface area contributed by atoms with Gasteiger partial charge in [0.05, 0.1) is 0 Å². The molecule has 0 rings (SSSR count). The topological polar surface area (TPSA) is 0 Å². The first-order chi connectivity index (χ1) is 5.41. The monoisotopic (exact) mass is 178 g/mol. The van der Waals surface area contributed by atoms with Crippen LogP contribution in [-0.4, -0.2) is 0 Å². The van der Waals surface area contributed by atoms with E-state index < -0.39 is 0 Å². The van der Waals surface area contributed by atoms with Crippen LogP contribution >= 0.6 is 0 Å². The van der Waals surface area contributed by atoms with E-state index in [-0.39, 0.29) is 31.0 Å². The Labute approximate surface area is 102 Å². The van der Waals surface area contributed by atoms with E-state index in [4.69, 9.17) is 0 Å². The summed E-state index contributed by atoms with van der Waals surface area (Å²) in [6.45, 7) is 5.97. The molecule has 0 amide bonds. The summed E-state index contributed by atoms with van der Waals surface area (Å²) >= 11 is 0. The average Bonchev–Trinajstić information content (AvgIpc) is 2.03. The molecule has 0 bridgehead atoms. The fourth-order valence-electron chi connectivity index (χ4n) is 1.25. The van der Waals surface area contributed by atoms with Crippen molar-refractivity contribution in [3.8, 4) is 0 Å². The molecule has 1 heteroatoms. The molecule has 0 saturated carbocycles. The Morgan fingerprint density at radius 1 is 1.00 bits per heavy atom. The molecule has 0 nitrogen and oxygen atoms in total. The molecule has 68 valence electrons. The third-order valence-corrected chi connectivity index (χ3v) is 2.01. The Balaban J connectivity index is -0.000000500. The van der Waals surface area contributed by atoms with Crippen LogP contribution in [0.25, 0.3) is 0 Å². The van der Waals surface area contributed by atoms with Crippen LogP contribution in [0.4, 0.5) is 0 Å². The molecule has 0 heterocycles. The molecule has 0 radical (unpaired) electrons. The van der Waals surface area contributed by atoms with Crippen LogP contribution in [0.15, 0.2) is 12.7 Å². The van der Waals surface area contributed by atoms with E-state index in [0.717, 1.165) is 0 Å². The average molecular weight is 178 g/mol. The summed E-state index contributed by atoms with van der Waals surface area (Å²) in [5.74, 6) is 0. The zero-order chi connectivity index (χ0) is 8.36. The minimum atomic E-state index is 0. The molecular weight excluding hydrogens is 155 g/mol. The van der Waals surface area contributed by atoms with E-state index in [1.165, 1.54) is 51.4 Å². The Morgan fingerprint density at radius 3 is 2.00 bits per heavy atom. The molecule has 0 fully saturated rings. The van der Waals surface area contributed by atoms with Crippen molar-refractivity contribution in [2.24, 2.45) is 0 Å². The Morgan fingerprint density at radius 2 is 1.50 bits per heavy atom. The van der Waals surface area contributed by atoms with Gasteiger partial charge in [-0.25, -0.2) is 0 Å². The maximum absolute atomic E-state index is 3.71. The SMILES string of the molecule is C=CCCCCCCCCC.[H-].[Na+]. The van der Waals surface area contributed by atoms with Crippen LogP contribution in [0.2, 0.25) is 0 Å². The van der Waals surface area contributed by atoms with E-state index in [0.29, 0.717) is 0 Å². The van der Waals surface area contributed by atoms with Crippen molar-refractivity contribution in [2.45, 2.75) is 58.3 Å². The number of hydrogen-bond acceptors (Lipinski definition) is 0. The molecular formula is C11H23Na. The molecule has 0 aliphatic rings. The van der Waals surface area contributed by atoms with Gasteiger partial charge in [-0.1, -0.05) is 51.5 Å². The fraction of sp³-hybridized carbons (Fsp3) is 0.818. The van der Waals surface area contributed by atoms with Crippen molar-refractivity contribution in [1.82, 2.24) is 0 Å². The predicted octanol–water partition coefficient (Wildman–Crippen LogP) is 1.43. The van der Waals surface area contributed by atoms with Crippen molar-refractivity contribution in [3.05, 3.63) is 12.7 Å². The molecule has 0 spiro atoms. The predicted molar refractivity (Wildman–Crippen MR) is 53.9 cm³/mol. The Hall–Kier alpha value is 0.740. The molecule has 0 atom stereocenters. The molecule has 0 saturated heterocycles. The van der Waals surface area contributed by atoms with Gasteiger partial charge in [-0.05, 0) is 12.8 Å². The smallest absolute Gasteiger partial charge is 1.00 e. The van der Waals surface area contributed by atoms with Gasteiger partial charge in [-0.2, -0.15) is 0 Å². The molecule has 12 heavy (non-hydrogen) atoms. The van der Waals surface area contributed by atoms with Crippen LogP contribution in [-0.2, 0) is 0 Å².